The molecule has 2 heterocycles. The third-order valence-electron chi connectivity index (χ3n) is 4.74. The molecule has 1 fully saturated rings. The van der Waals surface area contributed by atoms with E-state index in [1.54, 1.807) is 12.4 Å². The highest BCUT2D eigenvalue weighted by Crippen LogP contribution is 2.22. The fourth-order valence-corrected chi connectivity index (χ4v) is 3.23. The summed E-state index contributed by atoms with van der Waals surface area (Å²) in [6, 6.07) is 12.3. The van der Waals surface area contributed by atoms with Crippen molar-refractivity contribution in [1.29, 1.82) is 0 Å². The molecule has 5 heteroatoms. The summed E-state index contributed by atoms with van der Waals surface area (Å²) in [4.78, 5) is 21.0. The number of hydrogen-bond donors (Lipinski definition) is 1. The van der Waals surface area contributed by atoms with Crippen LogP contribution >= 0.6 is 0 Å². The van der Waals surface area contributed by atoms with E-state index in [9.17, 15) is 4.79 Å². The standard InChI is InChI=1S/C20H26N4O/c1-23(2)18-7-5-16(6-8-18)14-22-20(25)17-4-3-13-24(15-17)19-9-11-21-12-10-19/h5-12,17H,3-4,13-15H2,1-2H3,(H,22,25). The molecule has 1 atom stereocenters. The Bertz CT molecular complexity index is 685. The molecule has 1 N–H and O–H groups in total. The van der Waals surface area contributed by atoms with Crippen LogP contribution in [0, 0.1) is 5.92 Å². The third kappa shape index (κ3) is 4.50. The summed E-state index contributed by atoms with van der Waals surface area (Å²) in [7, 11) is 4.04. The average Bonchev–Trinajstić information content (AvgIpc) is 2.67. The largest absolute Gasteiger partial charge is 0.378 e. The van der Waals surface area contributed by atoms with Crippen LogP contribution in [-0.2, 0) is 11.3 Å². The first-order valence-corrected chi connectivity index (χ1v) is 8.82. The molecule has 2 aromatic rings. The number of nitrogens with one attached hydrogen (secondary N) is 1. The van der Waals surface area contributed by atoms with Gasteiger partial charge in [0.1, 0.15) is 0 Å². The monoisotopic (exact) mass is 338 g/mol. The Kier molecular flexibility index (Phi) is 5.53. The lowest BCUT2D eigenvalue weighted by Gasteiger charge is -2.33. The van der Waals surface area contributed by atoms with Crippen LogP contribution < -0.4 is 15.1 Å². The second-order valence-electron chi connectivity index (χ2n) is 6.77. The van der Waals surface area contributed by atoms with Crippen LogP contribution in [0.2, 0.25) is 0 Å². The van der Waals surface area contributed by atoms with Crippen molar-refractivity contribution in [2.24, 2.45) is 5.92 Å². The highest BCUT2D eigenvalue weighted by molar-refractivity contribution is 5.79. The predicted molar refractivity (Wildman–Crippen MR) is 102 cm³/mol. The normalized spacial score (nSPS) is 17.2. The fourth-order valence-electron chi connectivity index (χ4n) is 3.23. The van der Waals surface area contributed by atoms with Gasteiger partial charge in [0.15, 0.2) is 0 Å². The Morgan fingerprint density at radius 2 is 1.92 bits per heavy atom. The highest BCUT2D eigenvalue weighted by atomic mass is 16.1. The van der Waals surface area contributed by atoms with Crippen molar-refractivity contribution < 1.29 is 4.79 Å². The first-order valence-electron chi connectivity index (χ1n) is 8.82. The van der Waals surface area contributed by atoms with Crippen molar-refractivity contribution in [2.45, 2.75) is 19.4 Å². The van der Waals surface area contributed by atoms with Crippen molar-refractivity contribution in [3.05, 3.63) is 54.4 Å². The van der Waals surface area contributed by atoms with E-state index < -0.39 is 0 Å². The summed E-state index contributed by atoms with van der Waals surface area (Å²) < 4.78 is 0. The van der Waals surface area contributed by atoms with Gasteiger partial charge < -0.3 is 15.1 Å². The third-order valence-corrected chi connectivity index (χ3v) is 4.74. The Morgan fingerprint density at radius 3 is 2.60 bits per heavy atom. The van der Waals surface area contributed by atoms with Crippen molar-refractivity contribution in [3.63, 3.8) is 0 Å². The second-order valence-corrected chi connectivity index (χ2v) is 6.77. The second kappa shape index (κ2) is 8.01. The molecule has 0 saturated carbocycles. The van der Waals surface area contributed by atoms with Gasteiger partial charge in [0.2, 0.25) is 5.91 Å². The molecule has 1 aromatic heterocycles. The molecule has 25 heavy (non-hydrogen) atoms. The van der Waals surface area contributed by atoms with Gasteiger partial charge in [0, 0.05) is 57.5 Å². The summed E-state index contributed by atoms with van der Waals surface area (Å²) in [5, 5.41) is 3.10. The summed E-state index contributed by atoms with van der Waals surface area (Å²) in [6.07, 6.45) is 5.59. The molecule has 1 amide bonds. The molecule has 3 rings (SSSR count). The number of carbonyl (C=O) groups is 1. The van der Waals surface area contributed by atoms with Gasteiger partial charge in [-0.1, -0.05) is 12.1 Å². The van der Waals surface area contributed by atoms with Gasteiger partial charge >= 0.3 is 0 Å². The Balaban J connectivity index is 1.54. The minimum absolute atomic E-state index is 0.0444. The molecule has 1 aromatic carbocycles. The zero-order chi connectivity index (χ0) is 17.6. The molecule has 1 saturated heterocycles. The van der Waals surface area contributed by atoms with Crippen LogP contribution in [0.25, 0.3) is 0 Å². The topological polar surface area (TPSA) is 48.5 Å². The van der Waals surface area contributed by atoms with Crippen LogP contribution in [0.4, 0.5) is 11.4 Å². The van der Waals surface area contributed by atoms with Gasteiger partial charge in [-0.25, -0.2) is 0 Å². The minimum Gasteiger partial charge on any atom is -0.378 e. The van der Waals surface area contributed by atoms with Gasteiger partial charge in [-0.05, 0) is 42.7 Å². The fraction of sp³-hybridized carbons (Fsp3) is 0.400. The SMILES string of the molecule is CN(C)c1ccc(CNC(=O)C2CCCN(c3ccncc3)C2)cc1. The van der Waals surface area contributed by atoms with E-state index in [4.69, 9.17) is 0 Å². The molecule has 1 unspecified atom stereocenters. The van der Waals surface area contributed by atoms with Gasteiger partial charge in [-0.3, -0.25) is 9.78 Å². The molecule has 1 aliphatic rings. The number of carbonyl (C=O) groups excluding carboxylic acids is 1. The number of nitrogens with zero attached hydrogens (tertiary/aromatic N) is 3. The van der Waals surface area contributed by atoms with Gasteiger partial charge in [-0.15, -0.1) is 0 Å². The summed E-state index contributed by atoms with van der Waals surface area (Å²) in [5.74, 6) is 0.193. The first-order chi connectivity index (χ1) is 12.1. The molecule has 1 aliphatic heterocycles. The van der Waals surface area contributed by atoms with Crippen LogP contribution in [0.3, 0.4) is 0 Å². The summed E-state index contributed by atoms with van der Waals surface area (Å²) in [6.45, 7) is 2.35. The summed E-state index contributed by atoms with van der Waals surface area (Å²) >= 11 is 0. The maximum Gasteiger partial charge on any atom is 0.225 e. The number of pyridine rings is 1. The van der Waals surface area contributed by atoms with Gasteiger partial charge in [0.25, 0.3) is 0 Å². The number of piperidine rings is 1. The Hall–Kier alpha value is -2.56. The lowest BCUT2D eigenvalue weighted by Crippen LogP contribution is -2.43. The number of rotatable bonds is 5. The number of hydrogen-bond acceptors (Lipinski definition) is 4. The Labute approximate surface area is 149 Å². The van der Waals surface area contributed by atoms with E-state index in [2.05, 4.69) is 44.4 Å². The first kappa shape index (κ1) is 17.3. The molecular formula is C20H26N4O. The molecule has 132 valence electrons. The lowest BCUT2D eigenvalue weighted by molar-refractivity contribution is -0.125. The average molecular weight is 338 g/mol. The van der Waals surface area contributed by atoms with Crippen LogP contribution in [0.5, 0.6) is 0 Å². The van der Waals surface area contributed by atoms with E-state index in [1.165, 1.54) is 0 Å². The number of aromatic nitrogens is 1. The van der Waals surface area contributed by atoms with E-state index in [-0.39, 0.29) is 11.8 Å². The maximum atomic E-state index is 12.6. The zero-order valence-corrected chi connectivity index (χ0v) is 15.0. The Morgan fingerprint density at radius 1 is 1.20 bits per heavy atom. The van der Waals surface area contributed by atoms with Crippen LogP contribution in [0.1, 0.15) is 18.4 Å². The molecular weight excluding hydrogens is 312 g/mol. The van der Waals surface area contributed by atoms with Crippen molar-refractivity contribution in [1.82, 2.24) is 10.3 Å². The zero-order valence-electron chi connectivity index (χ0n) is 15.0. The number of anilines is 2. The lowest BCUT2D eigenvalue weighted by atomic mass is 9.96. The van der Waals surface area contributed by atoms with E-state index in [1.807, 2.05) is 26.2 Å². The van der Waals surface area contributed by atoms with Gasteiger partial charge in [0.05, 0.1) is 5.92 Å². The molecule has 0 aliphatic carbocycles. The highest BCUT2D eigenvalue weighted by Gasteiger charge is 2.25. The predicted octanol–water partition coefficient (Wildman–Crippen LogP) is 2.68. The van der Waals surface area contributed by atoms with Crippen molar-refractivity contribution >= 4 is 17.3 Å². The molecule has 0 radical (unpaired) electrons. The van der Waals surface area contributed by atoms with E-state index in [0.29, 0.717) is 6.54 Å². The number of amides is 1. The van der Waals surface area contributed by atoms with E-state index >= 15 is 0 Å². The van der Waals surface area contributed by atoms with Gasteiger partial charge in [-0.2, -0.15) is 0 Å². The maximum absolute atomic E-state index is 12.6. The molecule has 0 bridgehead atoms. The van der Waals surface area contributed by atoms with E-state index in [0.717, 1.165) is 42.9 Å². The molecule has 0 spiro atoms. The van der Waals surface area contributed by atoms with Crippen LogP contribution in [-0.4, -0.2) is 38.1 Å². The smallest absolute Gasteiger partial charge is 0.225 e. The molecule has 5 nitrogen and oxygen atoms in total. The van der Waals surface area contributed by atoms with Crippen molar-refractivity contribution in [2.75, 3.05) is 37.0 Å². The van der Waals surface area contributed by atoms with Crippen LogP contribution in [0.15, 0.2) is 48.8 Å². The quantitative estimate of drug-likeness (QED) is 0.911. The number of benzene rings is 1. The minimum atomic E-state index is 0.0444. The van der Waals surface area contributed by atoms with Crippen molar-refractivity contribution in [3.8, 4) is 0 Å². The summed E-state index contributed by atoms with van der Waals surface area (Å²) in [5.41, 5.74) is 3.43.